The van der Waals surface area contributed by atoms with Gasteiger partial charge >= 0.3 is 5.97 Å². The Bertz CT molecular complexity index is 371. The van der Waals surface area contributed by atoms with Crippen molar-refractivity contribution in [3.05, 3.63) is 29.8 Å². The highest BCUT2D eigenvalue weighted by atomic mass is 16.5. The first-order valence-corrected chi connectivity index (χ1v) is 5.10. The number of benzene rings is 1. The lowest BCUT2D eigenvalue weighted by Gasteiger charge is -2.11. The van der Waals surface area contributed by atoms with E-state index < -0.39 is 0 Å². The smallest absolute Gasteiger partial charge is 0.317 e. The standard InChI is InChI=1S/C12H14O3/c1-8(2)15-12(13)10-7-14-11-6-4-3-5-9(10)11/h3-6,8,10H,7H2,1-2H3. The van der Waals surface area contributed by atoms with Crippen LogP contribution in [0.2, 0.25) is 0 Å². The molecule has 3 heteroatoms. The van der Waals surface area contributed by atoms with Crippen LogP contribution in [0.1, 0.15) is 25.3 Å². The lowest BCUT2D eigenvalue weighted by Crippen LogP contribution is -2.20. The number of ether oxygens (including phenoxy) is 2. The fraction of sp³-hybridized carbons (Fsp3) is 0.417. The molecule has 0 saturated carbocycles. The Labute approximate surface area is 89.0 Å². The van der Waals surface area contributed by atoms with E-state index in [1.165, 1.54) is 0 Å². The molecule has 2 rings (SSSR count). The fourth-order valence-corrected chi connectivity index (χ4v) is 1.67. The van der Waals surface area contributed by atoms with Crippen molar-refractivity contribution in [1.82, 2.24) is 0 Å². The van der Waals surface area contributed by atoms with Gasteiger partial charge in [-0.3, -0.25) is 4.79 Å². The van der Waals surface area contributed by atoms with Crippen molar-refractivity contribution in [1.29, 1.82) is 0 Å². The molecular weight excluding hydrogens is 192 g/mol. The number of rotatable bonds is 2. The molecule has 0 amide bonds. The molecule has 15 heavy (non-hydrogen) atoms. The minimum absolute atomic E-state index is 0.0785. The molecule has 0 aromatic heterocycles. The monoisotopic (exact) mass is 206 g/mol. The summed E-state index contributed by atoms with van der Waals surface area (Å²) in [5, 5.41) is 0. The molecule has 1 aliphatic heterocycles. The van der Waals surface area contributed by atoms with Gasteiger partial charge in [0.2, 0.25) is 0 Å². The molecule has 1 aromatic rings. The summed E-state index contributed by atoms with van der Waals surface area (Å²) in [6, 6.07) is 7.59. The average molecular weight is 206 g/mol. The molecule has 0 bridgehead atoms. The number of hydrogen-bond donors (Lipinski definition) is 0. The number of esters is 1. The minimum Gasteiger partial charge on any atom is -0.492 e. The zero-order valence-corrected chi connectivity index (χ0v) is 8.90. The van der Waals surface area contributed by atoms with Gasteiger partial charge in [0.25, 0.3) is 0 Å². The van der Waals surface area contributed by atoms with Gasteiger partial charge < -0.3 is 9.47 Å². The average Bonchev–Trinajstić information content (AvgIpc) is 2.59. The Balaban J connectivity index is 2.17. The molecule has 1 aliphatic rings. The Hall–Kier alpha value is -1.51. The van der Waals surface area contributed by atoms with Crippen molar-refractivity contribution >= 4 is 5.97 Å². The van der Waals surface area contributed by atoms with Crippen molar-refractivity contribution in [2.75, 3.05) is 6.61 Å². The second kappa shape index (κ2) is 3.93. The Morgan fingerprint density at radius 2 is 2.20 bits per heavy atom. The van der Waals surface area contributed by atoms with E-state index in [9.17, 15) is 4.79 Å². The van der Waals surface area contributed by atoms with E-state index in [-0.39, 0.29) is 18.0 Å². The number of carbonyl (C=O) groups excluding carboxylic acids is 1. The van der Waals surface area contributed by atoms with Crippen LogP contribution in [0.5, 0.6) is 5.75 Å². The van der Waals surface area contributed by atoms with E-state index in [2.05, 4.69) is 0 Å². The van der Waals surface area contributed by atoms with Crippen LogP contribution in [0.15, 0.2) is 24.3 Å². The predicted octanol–water partition coefficient (Wildman–Crippen LogP) is 2.11. The van der Waals surface area contributed by atoms with E-state index in [4.69, 9.17) is 9.47 Å². The van der Waals surface area contributed by atoms with E-state index >= 15 is 0 Å². The highest BCUT2D eigenvalue weighted by molar-refractivity contribution is 5.80. The SMILES string of the molecule is CC(C)OC(=O)C1COc2ccccc21. The van der Waals surface area contributed by atoms with Gasteiger partial charge in [-0.2, -0.15) is 0 Å². The topological polar surface area (TPSA) is 35.5 Å². The third-order valence-corrected chi connectivity index (χ3v) is 2.34. The molecule has 0 aliphatic carbocycles. The maximum Gasteiger partial charge on any atom is 0.317 e. The Morgan fingerprint density at radius 3 is 2.93 bits per heavy atom. The summed E-state index contributed by atoms with van der Waals surface area (Å²) in [6.07, 6.45) is -0.0785. The third kappa shape index (κ3) is 1.96. The van der Waals surface area contributed by atoms with Gasteiger partial charge in [0.1, 0.15) is 18.3 Å². The number of para-hydroxylation sites is 1. The molecule has 0 spiro atoms. The van der Waals surface area contributed by atoms with Gasteiger partial charge in [-0.15, -0.1) is 0 Å². The molecule has 1 atom stereocenters. The van der Waals surface area contributed by atoms with E-state index in [1.54, 1.807) is 0 Å². The van der Waals surface area contributed by atoms with Crippen molar-refractivity contribution in [3.8, 4) is 5.75 Å². The maximum absolute atomic E-state index is 11.7. The van der Waals surface area contributed by atoms with Gasteiger partial charge in [-0.1, -0.05) is 18.2 Å². The second-order valence-electron chi connectivity index (χ2n) is 3.89. The molecule has 1 aromatic carbocycles. The zero-order chi connectivity index (χ0) is 10.8. The first kappa shape index (κ1) is 10.0. The van der Waals surface area contributed by atoms with Gasteiger partial charge in [-0.05, 0) is 19.9 Å². The third-order valence-electron chi connectivity index (χ3n) is 2.34. The predicted molar refractivity (Wildman–Crippen MR) is 55.9 cm³/mol. The first-order chi connectivity index (χ1) is 7.18. The summed E-state index contributed by atoms with van der Waals surface area (Å²) in [6.45, 7) is 4.09. The highest BCUT2D eigenvalue weighted by Crippen LogP contribution is 2.34. The summed E-state index contributed by atoms with van der Waals surface area (Å²) in [7, 11) is 0. The van der Waals surface area contributed by atoms with Crippen LogP contribution in [-0.4, -0.2) is 18.7 Å². The van der Waals surface area contributed by atoms with Crippen molar-refractivity contribution in [2.24, 2.45) is 0 Å². The van der Waals surface area contributed by atoms with Crippen LogP contribution in [0.4, 0.5) is 0 Å². The normalized spacial score (nSPS) is 18.5. The van der Waals surface area contributed by atoms with E-state index in [1.807, 2.05) is 38.1 Å². The summed E-state index contributed by atoms with van der Waals surface area (Å²) in [5.41, 5.74) is 0.933. The van der Waals surface area contributed by atoms with Crippen molar-refractivity contribution in [2.45, 2.75) is 25.9 Å². The van der Waals surface area contributed by atoms with Crippen molar-refractivity contribution in [3.63, 3.8) is 0 Å². The maximum atomic E-state index is 11.7. The summed E-state index contributed by atoms with van der Waals surface area (Å²) < 4.78 is 10.6. The van der Waals surface area contributed by atoms with Gasteiger partial charge in [0.05, 0.1) is 6.10 Å². The molecule has 0 fully saturated rings. The van der Waals surface area contributed by atoms with Crippen LogP contribution in [0.25, 0.3) is 0 Å². The van der Waals surface area contributed by atoms with E-state index in [0.717, 1.165) is 11.3 Å². The Kier molecular flexibility index (Phi) is 2.62. The molecule has 0 saturated heterocycles. The lowest BCUT2D eigenvalue weighted by atomic mass is 10.0. The summed E-state index contributed by atoms with van der Waals surface area (Å²) in [4.78, 5) is 11.7. The second-order valence-corrected chi connectivity index (χ2v) is 3.89. The minimum atomic E-state index is -0.261. The number of fused-ring (bicyclic) bond motifs is 1. The fourth-order valence-electron chi connectivity index (χ4n) is 1.67. The summed E-state index contributed by atoms with van der Waals surface area (Å²) in [5.74, 6) is 0.335. The summed E-state index contributed by atoms with van der Waals surface area (Å²) >= 11 is 0. The molecular formula is C12H14O3. The van der Waals surface area contributed by atoms with Crippen LogP contribution in [0.3, 0.4) is 0 Å². The van der Waals surface area contributed by atoms with Gasteiger partial charge in [0, 0.05) is 5.56 Å². The lowest BCUT2D eigenvalue weighted by molar-refractivity contribution is -0.149. The molecule has 0 radical (unpaired) electrons. The quantitative estimate of drug-likeness (QED) is 0.695. The Morgan fingerprint density at radius 1 is 1.47 bits per heavy atom. The molecule has 3 nitrogen and oxygen atoms in total. The zero-order valence-electron chi connectivity index (χ0n) is 8.90. The van der Waals surface area contributed by atoms with Crippen LogP contribution < -0.4 is 4.74 Å². The van der Waals surface area contributed by atoms with Crippen LogP contribution in [0, 0.1) is 0 Å². The molecule has 1 unspecified atom stereocenters. The number of hydrogen-bond acceptors (Lipinski definition) is 3. The first-order valence-electron chi connectivity index (χ1n) is 5.10. The highest BCUT2D eigenvalue weighted by Gasteiger charge is 2.31. The molecule has 1 heterocycles. The molecule has 0 N–H and O–H groups in total. The van der Waals surface area contributed by atoms with Gasteiger partial charge in [-0.25, -0.2) is 0 Å². The van der Waals surface area contributed by atoms with Gasteiger partial charge in [0.15, 0.2) is 0 Å². The van der Waals surface area contributed by atoms with E-state index in [0.29, 0.717) is 6.61 Å². The molecule has 80 valence electrons. The van der Waals surface area contributed by atoms with Crippen LogP contribution in [-0.2, 0) is 9.53 Å². The van der Waals surface area contributed by atoms with Crippen LogP contribution >= 0.6 is 0 Å². The van der Waals surface area contributed by atoms with Crippen molar-refractivity contribution < 1.29 is 14.3 Å². The largest absolute Gasteiger partial charge is 0.492 e. The number of carbonyl (C=O) groups is 1.